The first-order valence-electron chi connectivity index (χ1n) is 8.36. The first kappa shape index (κ1) is 16.9. The molecular formula is C19H23N3OS. The molecule has 0 aliphatic carbocycles. The van der Waals surface area contributed by atoms with Crippen LogP contribution in [0.15, 0.2) is 40.5 Å². The number of rotatable bonds is 6. The van der Waals surface area contributed by atoms with E-state index in [0.29, 0.717) is 17.1 Å². The van der Waals surface area contributed by atoms with Gasteiger partial charge in [0.1, 0.15) is 10.7 Å². The summed E-state index contributed by atoms with van der Waals surface area (Å²) in [6.45, 7) is 7.36. The van der Waals surface area contributed by atoms with E-state index in [0.717, 1.165) is 28.9 Å². The van der Waals surface area contributed by atoms with Gasteiger partial charge >= 0.3 is 0 Å². The number of benzene rings is 1. The van der Waals surface area contributed by atoms with Gasteiger partial charge in [0.25, 0.3) is 5.56 Å². The van der Waals surface area contributed by atoms with Crippen molar-refractivity contribution in [3.8, 4) is 11.1 Å². The number of nitrogens with one attached hydrogen (secondary N) is 2. The molecule has 2 aromatic heterocycles. The Bertz CT molecular complexity index is 867. The van der Waals surface area contributed by atoms with Crippen LogP contribution in [0.4, 0.5) is 0 Å². The molecule has 0 unspecified atom stereocenters. The van der Waals surface area contributed by atoms with Gasteiger partial charge in [0.05, 0.1) is 11.4 Å². The number of nitrogens with zero attached hydrogens (tertiary/aromatic N) is 1. The second-order valence-corrected chi connectivity index (χ2v) is 7.36. The van der Waals surface area contributed by atoms with Crippen LogP contribution in [0.2, 0.25) is 0 Å². The fourth-order valence-corrected chi connectivity index (χ4v) is 3.64. The Balaban J connectivity index is 1.91. The summed E-state index contributed by atoms with van der Waals surface area (Å²) in [6.07, 6.45) is 1.11. The quantitative estimate of drug-likeness (QED) is 0.701. The van der Waals surface area contributed by atoms with E-state index >= 15 is 0 Å². The Morgan fingerprint density at radius 1 is 1.21 bits per heavy atom. The van der Waals surface area contributed by atoms with Crippen molar-refractivity contribution in [3.63, 3.8) is 0 Å². The van der Waals surface area contributed by atoms with Crippen LogP contribution in [-0.4, -0.2) is 16.5 Å². The lowest BCUT2D eigenvalue weighted by Crippen LogP contribution is -2.25. The Morgan fingerprint density at radius 2 is 1.96 bits per heavy atom. The van der Waals surface area contributed by atoms with Gasteiger partial charge in [0, 0.05) is 10.9 Å². The molecule has 3 aromatic rings. The van der Waals surface area contributed by atoms with Gasteiger partial charge in [0.2, 0.25) is 0 Å². The monoisotopic (exact) mass is 341 g/mol. The molecule has 24 heavy (non-hydrogen) atoms. The Kier molecular flexibility index (Phi) is 5.11. The number of aromatic amines is 1. The van der Waals surface area contributed by atoms with Crippen molar-refractivity contribution in [3.05, 3.63) is 51.9 Å². The minimum absolute atomic E-state index is 0.0307. The largest absolute Gasteiger partial charge is 0.309 e. The van der Waals surface area contributed by atoms with E-state index in [9.17, 15) is 4.79 Å². The third kappa shape index (κ3) is 3.57. The smallest absolute Gasteiger partial charge is 0.260 e. The van der Waals surface area contributed by atoms with Crippen molar-refractivity contribution < 1.29 is 0 Å². The lowest BCUT2D eigenvalue weighted by atomic mass is 10.1. The van der Waals surface area contributed by atoms with E-state index in [-0.39, 0.29) is 11.6 Å². The van der Waals surface area contributed by atoms with E-state index in [2.05, 4.69) is 29.1 Å². The van der Waals surface area contributed by atoms with Crippen molar-refractivity contribution in [2.75, 3.05) is 6.54 Å². The maximum atomic E-state index is 12.6. The SMILES string of the molecule is CC(C)CCN[C@@H](C)c1nc2scc(-c3ccccc3)c2c(=O)[nH]1. The highest BCUT2D eigenvalue weighted by Crippen LogP contribution is 2.30. The van der Waals surface area contributed by atoms with Crippen molar-refractivity contribution in [1.29, 1.82) is 0 Å². The normalized spacial score (nSPS) is 12.8. The molecule has 3 rings (SSSR count). The topological polar surface area (TPSA) is 57.8 Å². The average molecular weight is 341 g/mol. The molecule has 0 aliphatic heterocycles. The lowest BCUT2D eigenvalue weighted by Gasteiger charge is -2.14. The fourth-order valence-electron chi connectivity index (χ4n) is 2.69. The van der Waals surface area contributed by atoms with Crippen LogP contribution in [0.1, 0.15) is 39.1 Å². The van der Waals surface area contributed by atoms with Gasteiger partial charge in [-0.15, -0.1) is 11.3 Å². The van der Waals surface area contributed by atoms with Crippen LogP contribution in [0.3, 0.4) is 0 Å². The van der Waals surface area contributed by atoms with Crippen LogP contribution < -0.4 is 10.9 Å². The van der Waals surface area contributed by atoms with Crippen molar-refractivity contribution >= 4 is 21.6 Å². The molecular weight excluding hydrogens is 318 g/mol. The maximum absolute atomic E-state index is 12.6. The molecule has 0 bridgehead atoms. The first-order valence-corrected chi connectivity index (χ1v) is 9.24. The molecule has 1 atom stereocenters. The van der Waals surface area contributed by atoms with Crippen molar-refractivity contribution in [2.24, 2.45) is 5.92 Å². The number of fused-ring (bicyclic) bond motifs is 1. The van der Waals surface area contributed by atoms with E-state index in [4.69, 9.17) is 0 Å². The van der Waals surface area contributed by atoms with E-state index in [1.54, 1.807) is 0 Å². The van der Waals surface area contributed by atoms with E-state index in [1.807, 2.05) is 42.6 Å². The van der Waals surface area contributed by atoms with Crippen LogP contribution >= 0.6 is 11.3 Å². The maximum Gasteiger partial charge on any atom is 0.260 e. The molecule has 0 spiro atoms. The molecule has 0 saturated heterocycles. The number of hydrogen-bond acceptors (Lipinski definition) is 4. The zero-order chi connectivity index (χ0) is 17.1. The number of H-pyrrole nitrogens is 1. The Labute approximate surface area is 146 Å². The summed E-state index contributed by atoms with van der Waals surface area (Å²) < 4.78 is 0. The summed E-state index contributed by atoms with van der Waals surface area (Å²) in [5, 5.41) is 6.13. The standard InChI is InChI=1S/C19H23N3OS/c1-12(2)9-10-20-13(3)17-21-18(23)16-15(11-24-19(16)22-17)14-7-5-4-6-8-14/h4-8,11-13,20H,9-10H2,1-3H3,(H,21,22,23)/t13-/m0/s1. The second-order valence-electron chi connectivity index (χ2n) is 6.51. The molecule has 126 valence electrons. The molecule has 2 heterocycles. The molecule has 0 aliphatic rings. The van der Waals surface area contributed by atoms with Gasteiger partial charge in [0.15, 0.2) is 0 Å². The summed E-state index contributed by atoms with van der Waals surface area (Å²) >= 11 is 1.52. The highest BCUT2D eigenvalue weighted by molar-refractivity contribution is 7.17. The minimum atomic E-state index is -0.0624. The Morgan fingerprint density at radius 3 is 2.67 bits per heavy atom. The van der Waals surface area contributed by atoms with Crippen LogP contribution in [-0.2, 0) is 0 Å². The predicted octanol–water partition coefficient (Wildman–Crippen LogP) is 4.35. The zero-order valence-corrected chi connectivity index (χ0v) is 15.1. The summed E-state index contributed by atoms with van der Waals surface area (Å²) in [4.78, 5) is 21.1. The molecule has 0 fully saturated rings. The number of thiophene rings is 1. The molecule has 2 N–H and O–H groups in total. The van der Waals surface area contributed by atoms with Crippen molar-refractivity contribution in [1.82, 2.24) is 15.3 Å². The van der Waals surface area contributed by atoms with Gasteiger partial charge in [-0.25, -0.2) is 4.98 Å². The van der Waals surface area contributed by atoms with Gasteiger partial charge in [-0.1, -0.05) is 44.2 Å². The first-order chi connectivity index (χ1) is 11.6. The highest BCUT2D eigenvalue weighted by Gasteiger charge is 2.15. The molecule has 0 radical (unpaired) electrons. The molecule has 1 aromatic carbocycles. The van der Waals surface area contributed by atoms with Gasteiger partial charge in [-0.3, -0.25) is 4.79 Å². The predicted molar refractivity (Wildman–Crippen MR) is 102 cm³/mol. The van der Waals surface area contributed by atoms with E-state index < -0.39 is 0 Å². The fraction of sp³-hybridized carbons (Fsp3) is 0.368. The lowest BCUT2D eigenvalue weighted by molar-refractivity contribution is 0.485. The summed E-state index contributed by atoms with van der Waals surface area (Å²) in [5.74, 6) is 1.36. The van der Waals surface area contributed by atoms with Crippen molar-refractivity contribution in [2.45, 2.75) is 33.2 Å². The molecule has 0 amide bonds. The molecule has 5 heteroatoms. The third-order valence-corrected chi connectivity index (χ3v) is 5.00. The van der Waals surface area contributed by atoms with Crippen LogP contribution in [0.25, 0.3) is 21.3 Å². The Hall–Kier alpha value is -1.98. The summed E-state index contributed by atoms with van der Waals surface area (Å²) in [6, 6.07) is 10.0. The molecule has 4 nitrogen and oxygen atoms in total. The molecule has 0 saturated carbocycles. The van der Waals surface area contributed by atoms with Crippen LogP contribution in [0.5, 0.6) is 0 Å². The number of hydrogen-bond donors (Lipinski definition) is 2. The van der Waals surface area contributed by atoms with Gasteiger partial charge in [-0.2, -0.15) is 0 Å². The third-order valence-electron chi connectivity index (χ3n) is 4.13. The van der Waals surface area contributed by atoms with Gasteiger partial charge in [-0.05, 0) is 31.4 Å². The zero-order valence-electron chi connectivity index (χ0n) is 14.3. The minimum Gasteiger partial charge on any atom is -0.309 e. The van der Waals surface area contributed by atoms with Gasteiger partial charge < -0.3 is 10.3 Å². The summed E-state index contributed by atoms with van der Waals surface area (Å²) in [7, 11) is 0. The van der Waals surface area contributed by atoms with Crippen LogP contribution in [0, 0.1) is 5.92 Å². The summed E-state index contributed by atoms with van der Waals surface area (Å²) in [5.41, 5.74) is 1.94. The van der Waals surface area contributed by atoms with E-state index in [1.165, 1.54) is 11.3 Å². The second kappa shape index (κ2) is 7.28. The average Bonchev–Trinajstić information content (AvgIpc) is 3.00. The highest BCUT2D eigenvalue weighted by atomic mass is 32.1. The number of aromatic nitrogens is 2.